The van der Waals surface area contributed by atoms with Crippen LogP contribution in [0.5, 0.6) is 5.75 Å². The van der Waals surface area contributed by atoms with Gasteiger partial charge in [-0.15, -0.1) is 0 Å². The van der Waals surface area contributed by atoms with Gasteiger partial charge in [-0.2, -0.15) is 0 Å². The topological polar surface area (TPSA) is 21.3 Å². The monoisotopic (exact) mass is 397 g/mol. The van der Waals surface area contributed by atoms with Crippen LogP contribution in [-0.2, 0) is 13.2 Å². The molecule has 0 aromatic heterocycles. The van der Waals surface area contributed by atoms with Crippen LogP contribution in [0.3, 0.4) is 0 Å². The van der Waals surface area contributed by atoms with Crippen molar-refractivity contribution in [2.24, 2.45) is 0 Å². The zero-order chi connectivity index (χ0) is 14.7. The summed E-state index contributed by atoms with van der Waals surface area (Å²) >= 11 is 2.28. The maximum Gasteiger partial charge on any atom is 0.124 e. The fraction of sp³-hybridized carbons (Fsp3) is 0.294. The molecule has 1 fully saturated rings. The highest BCUT2D eigenvalue weighted by molar-refractivity contribution is 14.1. The van der Waals surface area contributed by atoms with Crippen LogP contribution in [0.2, 0.25) is 0 Å². The van der Waals surface area contributed by atoms with Gasteiger partial charge in [0.25, 0.3) is 0 Å². The molecule has 0 unspecified atom stereocenters. The Bertz CT molecular complexity index is 611. The quantitative estimate of drug-likeness (QED) is 0.736. The fourth-order valence-corrected chi connectivity index (χ4v) is 2.47. The minimum Gasteiger partial charge on any atom is -0.489 e. The van der Waals surface area contributed by atoms with Crippen LogP contribution in [-0.4, -0.2) is 6.04 Å². The van der Waals surface area contributed by atoms with Crippen LogP contribution >= 0.6 is 22.6 Å². The first-order chi connectivity index (χ1) is 10.2. The van der Waals surface area contributed by atoms with E-state index in [2.05, 4.69) is 40.0 Å². The van der Waals surface area contributed by atoms with Gasteiger partial charge in [-0.05, 0) is 71.3 Å². The molecule has 1 N–H and O–H groups in total. The molecule has 0 spiro atoms. The van der Waals surface area contributed by atoms with Gasteiger partial charge < -0.3 is 10.1 Å². The zero-order valence-corrected chi connectivity index (χ0v) is 13.8. The van der Waals surface area contributed by atoms with E-state index in [-0.39, 0.29) is 5.82 Å². The van der Waals surface area contributed by atoms with E-state index in [4.69, 9.17) is 4.74 Å². The standard InChI is InChI=1S/C17H17FINO/c18-14-3-8-17(13(9-14)10-20-16-6-7-16)21-11-12-1-4-15(19)5-2-12/h1-5,8-9,16,20H,6-7,10-11H2. The molecule has 21 heavy (non-hydrogen) atoms. The number of rotatable bonds is 6. The average Bonchev–Trinajstić information content (AvgIpc) is 3.30. The lowest BCUT2D eigenvalue weighted by molar-refractivity contribution is 0.301. The van der Waals surface area contributed by atoms with Crippen molar-refractivity contribution in [1.82, 2.24) is 5.32 Å². The van der Waals surface area contributed by atoms with Gasteiger partial charge in [0, 0.05) is 21.7 Å². The summed E-state index contributed by atoms with van der Waals surface area (Å²) in [4.78, 5) is 0. The molecule has 110 valence electrons. The number of hydrogen-bond acceptors (Lipinski definition) is 2. The van der Waals surface area contributed by atoms with Crippen LogP contribution in [0, 0.1) is 9.39 Å². The van der Waals surface area contributed by atoms with E-state index in [1.807, 2.05) is 12.1 Å². The third kappa shape index (κ3) is 4.41. The molecule has 0 bridgehead atoms. The molecule has 1 saturated carbocycles. The lowest BCUT2D eigenvalue weighted by Gasteiger charge is -2.12. The first-order valence-electron chi connectivity index (χ1n) is 7.10. The van der Waals surface area contributed by atoms with Crippen molar-refractivity contribution in [1.29, 1.82) is 0 Å². The highest BCUT2D eigenvalue weighted by Gasteiger charge is 2.20. The highest BCUT2D eigenvalue weighted by Crippen LogP contribution is 2.24. The summed E-state index contributed by atoms with van der Waals surface area (Å²) in [6.07, 6.45) is 2.43. The Morgan fingerprint density at radius 1 is 1.14 bits per heavy atom. The van der Waals surface area contributed by atoms with E-state index in [0.717, 1.165) is 16.9 Å². The molecule has 2 aromatic carbocycles. The predicted octanol–water partition coefficient (Wildman–Crippen LogP) is 4.26. The van der Waals surface area contributed by atoms with Crippen molar-refractivity contribution in [2.75, 3.05) is 0 Å². The van der Waals surface area contributed by atoms with Crippen molar-refractivity contribution in [3.63, 3.8) is 0 Å². The Labute approximate surface area is 137 Å². The van der Waals surface area contributed by atoms with Gasteiger partial charge in [-0.3, -0.25) is 0 Å². The molecule has 1 aliphatic rings. The lowest BCUT2D eigenvalue weighted by Crippen LogP contribution is -2.16. The minimum absolute atomic E-state index is 0.218. The first kappa shape index (κ1) is 14.8. The zero-order valence-electron chi connectivity index (χ0n) is 11.6. The van der Waals surface area contributed by atoms with Crippen molar-refractivity contribution in [2.45, 2.75) is 32.0 Å². The van der Waals surface area contributed by atoms with Crippen LogP contribution in [0.4, 0.5) is 4.39 Å². The molecular weight excluding hydrogens is 380 g/mol. The molecule has 0 aliphatic heterocycles. The smallest absolute Gasteiger partial charge is 0.124 e. The third-order valence-electron chi connectivity index (χ3n) is 3.49. The summed E-state index contributed by atoms with van der Waals surface area (Å²) < 4.78 is 20.5. The van der Waals surface area contributed by atoms with Gasteiger partial charge in [-0.1, -0.05) is 12.1 Å². The second-order valence-corrected chi connectivity index (χ2v) is 6.57. The van der Waals surface area contributed by atoms with Gasteiger partial charge in [0.05, 0.1) is 0 Å². The molecule has 3 rings (SSSR count). The molecule has 0 atom stereocenters. The molecule has 2 aromatic rings. The van der Waals surface area contributed by atoms with E-state index in [9.17, 15) is 4.39 Å². The number of nitrogens with one attached hydrogen (secondary N) is 1. The van der Waals surface area contributed by atoms with Crippen molar-refractivity contribution in [3.05, 3.63) is 63.0 Å². The Balaban J connectivity index is 1.66. The highest BCUT2D eigenvalue weighted by atomic mass is 127. The summed E-state index contributed by atoms with van der Waals surface area (Å²) in [5.74, 6) is 0.535. The van der Waals surface area contributed by atoms with Crippen molar-refractivity contribution < 1.29 is 9.13 Å². The molecular formula is C17H17FINO. The molecule has 0 radical (unpaired) electrons. The van der Waals surface area contributed by atoms with Gasteiger partial charge in [0.15, 0.2) is 0 Å². The van der Waals surface area contributed by atoms with Gasteiger partial charge in [-0.25, -0.2) is 4.39 Å². The van der Waals surface area contributed by atoms with E-state index in [0.29, 0.717) is 19.2 Å². The SMILES string of the molecule is Fc1ccc(OCc2ccc(I)cc2)c(CNC2CC2)c1. The number of benzene rings is 2. The fourth-order valence-electron chi connectivity index (χ4n) is 2.11. The second kappa shape index (κ2) is 6.75. The Kier molecular flexibility index (Phi) is 4.75. The molecule has 4 heteroatoms. The Morgan fingerprint density at radius 2 is 1.90 bits per heavy atom. The summed E-state index contributed by atoms with van der Waals surface area (Å²) in [5.41, 5.74) is 1.99. The van der Waals surface area contributed by atoms with Gasteiger partial charge in [0.1, 0.15) is 18.2 Å². The maximum absolute atomic E-state index is 13.4. The normalized spacial score (nSPS) is 14.2. The minimum atomic E-state index is -0.218. The number of hydrogen-bond donors (Lipinski definition) is 1. The largest absolute Gasteiger partial charge is 0.489 e. The summed E-state index contributed by atoms with van der Waals surface area (Å²) in [6, 6.07) is 13.5. The van der Waals surface area contributed by atoms with Gasteiger partial charge >= 0.3 is 0 Å². The first-order valence-corrected chi connectivity index (χ1v) is 8.17. The van der Waals surface area contributed by atoms with Crippen LogP contribution in [0.1, 0.15) is 24.0 Å². The molecule has 1 aliphatic carbocycles. The van der Waals surface area contributed by atoms with E-state index in [1.165, 1.54) is 22.5 Å². The Hall–Kier alpha value is -1.14. The molecule has 0 saturated heterocycles. The van der Waals surface area contributed by atoms with Gasteiger partial charge in [0.2, 0.25) is 0 Å². The number of ether oxygens (including phenoxy) is 1. The summed E-state index contributed by atoms with van der Waals surface area (Å²) in [7, 11) is 0. The summed E-state index contributed by atoms with van der Waals surface area (Å²) in [5, 5.41) is 3.40. The molecule has 2 nitrogen and oxygen atoms in total. The van der Waals surface area contributed by atoms with E-state index in [1.54, 1.807) is 12.1 Å². The third-order valence-corrected chi connectivity index (χ3v) is 4.21. The summed E-state index contributed by atoms with van der Waals surface area (Å²) in [6.45, 7) is 1.16. The molecule has 0 heterocycles. The van der Waals surface area contributed by atoms with Crippen LogP contribution < -0.4 is 10.1 Å². The van der Waals surface area contributed by atoms with Crippen molar-refractivity contribution in [3.8, 4) is 5.75 Å². The van der Waals surface area contributed by atoms with Crippen LogP contribution in [0.15, 0.2) is 42.5 Å². The lowest BCUT2D eigenvalue weighted by atomic mass is 10.2. The predicted molar refractivity (Wildman–Crippen MR) is 89.8 cm³/mol. The average molecular weight is 397 g/mol. The van der Waals surface area contributed by atoms with E-state index >= 15 is 0 Å². The van der Waals surface area contributed by atoms with Crippen molar-refractivity contribution >= 4 is 22.6 Å². The molecule has 0 amide bonds. The Morgan fingerprint density at radius 3 is 2.62 bits per heavy atom. The van der Waals surface area contributed by atoms with Crippen LogP contribution in [0.25, 0.3) is 0 Å². The number of halogens is 2. The van der Waals surface area contributed by atoms with E-state index < -0.39 is 0 Å². The second-order valence-electron chi connectivity index (χ2n) is 5.32. The maximum atomic E-state index is 13.4.